The van der Waals surface area contributed by atoms with E-state index in [-0.39, 0.29) is 18.4 Å². The zero-order valence-corrected chi connectivity index (χ0v) is 21.5. The maximum atomic E-state index is 12.1. The topological polar surface area (TPSA) is 44.8 Å². The van der Waals surface area contributed by atoms with Crippen LogP contribution in [0.25, 0.3) is 0 Å². The van der Waals surface area contributed by atoms with Crippen molar-refractivity contribution in [3.8, 4) is 0 Å². The van der Waals surface area contributed by atoms with Crippen molar-refractivity contribution >= 4 is 5.97 Å². The van der Waals surface area contributed by atoms with E-state index in [9.17, 15) is 4.79 Å². The van der Waals surface area contributed by atoms with Crippen molar-refractivity contribution in [3.05, 3.63) is 84.5 Å². The van der Waals surface area contributed by atoms with Gasteiger partial charge in [0.15, 0.2) is 6.29 Å². The average molecular weight is 481 g/mol. The van der Waals surface area contributed by atoms with Gasteiger partial charge in [-0.25, -0.2) is 0 Å². The lowest BCUT2D eigenvalue weighted by atomic mass is 10.2. The van der Waals surface area contributed by atoms with Crippen molar-refractivity contribution in [2.45, 2.75) is 89.9 Å². The lowest BCUT2D eigenvalue weighted by Crippen LogP contribution is -2.35. The first-order valence-electron chi connectivity index (χ1n) is 13.4. The minimum atomic E-state index is -0.380. The van der Waals surface area contributed by atoms with Gasteiger partial charge in [0, 0.05) is 12.0 Å². The maximum absolute atomic E-state index is 12.1. The van der Waals surface area contributed by atoms with Crippen molar-refractivity contribution in [3.63, 3.8) is 0 Å². The second kappa shape index (κ2) is 19.8. The molecule has 0 amide bonds. The summed E-state index contributed by atoms with van der Waals surface area (Å²) in [5, 5.41) is 0. The molecule has 4 nitrogen and oxygen atoms in total. The Labute approximate surface area is 212 Å². The summed E-state index contributed by atoms with van der Waals surface area (Å²) in [6.45, 7) is 2.97. The number of allylic oxidation sites excluding steroid dienone is 8. The molecule has 0 N–H and O–H groups in total. The number of unbranched alkanes of at least 4 members (excludes halogenated alkanes) is 5. The highest BCUT2D eigenvalue weighted by Crippen LogP contribution is 2.23. The number of carbonyl (C=O) groups excluding carboxylic acids is 1. The first-order chi connectivity index (χ1) is 17.3. The van der Waals surface area contributed by atoms with E-state index >= 15 is 0 Å². The van der Waals surface area contributed by atoms with E-state index in [1.807, 2.05) is 30.3 Å². The van der Waals surface area contributed by atoms with Gasteiger partial charge in [-0.15, -0.1) is 0 Å². The van der Waals surface area contributed by atoms with Crippen LogP contribution >= 0.6 is 0 Å². The summed E-state index contributed by atoms with van der Waals surface area (Å²) in [5.41, 5.74) is 0.979. The Morgan fingerprint density at radius 3 is 1.97 bits per heavy atom. The van der Waals surface area contributed by atoms with Crippen LogP contribution in [0.1, 0.15) is 89.4 Å². The minimum Gasteiger partial charge on any atom is -0.457 e. The fraction of sp³-hybridized carbons (Fsp3) is 0.516. The highest BCUT2D eigenvalue weighted by molar-refractivity contribution is 5.69. The van der Waals surface area contributed by atoms with Crippen molar-refractivity contribution in [2.75, 3.05) is 13.2 Å². The van der Waals surface area contributed by atoms with Crippen LogP contribution in [0.4, 0.5) is 0 Å². The first-order valence-corrected chi connectivity index (χ1v) is 13.4. The van der Waals surface area contributed by atoms with Crippen LogP contribution < -0.4 is 0 Å². The highest BCUT2D eigenvalue weighted by atomic mass is 16.7. The Morgan fingerprint density at radius 1 is 0.800 bits per heavy atom. The summed E-state index contributed by atoms with van der Waals surface area (Å²) in [6.07, 6.45) is 28.5. The molecular weight excluding hydrogens is 436 g/mol. The maximum Gasteiger partial charge on any atom is 0.306 e. The van der Waals surface area contributed by atoms with Crippen LogP contribution in [0.15, 0.2) is 78.9 Å². The summed E-state index contributed by atoms with van der Waals surface area (Å²) in [7, 11) is 0. The van der Waals surface area contributed by atoms with Gasteiger partial charge in [0.1, 0.15) is 6.10 Å². The molecule has 1 saturated heterocycles. The van der Waals surface area contributed by atoms with Crippen molar-refractivity contribution < 1.29 is 19.0 Å². The summed E-state index contributed by atoms with van der Waals surface area (Å²) >= 11 is 0. The van der Waals surface area contributed by atoms with Gasteiger partial charge >= 0.3 is 5.97 Å². The molecular formula is C31H44O4. The Morgan fingerprint density at radius 2 is 1.37 bits per heavy atom. The zero-order chi connectivity index (χ0) is 24.8. The fourth-order valence-corrected chi connectivity index (χ4v) is 3.68. The smallest absolute Gasteiger partial charge is 0.306 e. The van der Waals surface area contributed by atoms with Crippen LogP contribution in [0, 0.1) is 0 Å². The molecule has 0 aliphatic carbocycles. The predicted octanol–water partition coefficient (Wildman–Crippen LogP) is 8.18. The number of esters is 1. The van der Waals surface area contributed by atoms with Gasteiger partial charge < -0.3 is 14.2 Å². The van der Waals surface area contributed by atoms with Crippen LogP contribution in [0.2, 0.25) is 0 Å². The predicted molar refractivity (Wildman–Crippen MR) is 144 cm³/mol. The molecule has 0 bridgehead atoms. The molecule has 0 aromatic heterocycles. The largest absolute Gasteiger partial charge is 0.457 e. The number of carbonyl (C=O) groups is 1. The molecule has 1 aliphatic rings. The monoisotopic (exact) mass is 480 g/mol. The van der Waals surface area contributed by atoms with Gasteiger partial charge in [-0.3, -0.25) is 4.79 Å². The Kier molecular flexibility index (Phi) is 16.3. The van der Waals surface area contributed by atoms with Crippen LogP contribution in [0.5, 0.6) is 0 Å². The average Bonchev–Trinajstić information content (AvgIpc) is 2.89. The Balaban J connectivity index is 1.41. The second-order valence-electron chi connectivity index (χ2n) is 8.84. The third kappa shape index (κ3) is 14.5. The molecule has 1 heterocycles. The van der Waals surface area contributed by atoms with E-state index in [2.05, 4.69) is 55.5 Å². The fourth-order valence-electron chi connectivity index (χ4n) is 3.68. The van der Waals surface area contributed by atoms with Gasteiger partial charge in [-0.2, -0.15) is 0 Å². The molecule has 1 aromatic rings. The molecule has 0 atom stereocenters. The normalized spacial score (nSPS) is 18.9. The van der Waals surface area contributed by atoms with Crippen LogP contribution in [-0.2, 0) is 19.0 Å². The third-order valence-electron chi connectivity index (χ3n) is 5.67. The summed E-state index contributed by atoms with van der Waals surface area (Å²) < 4.78 is 16.9. The van der Waals surface area contributed by atoms with Gasteiger partial charge in [0.05, 0.1) is 13.2 Å². The molecule has 192 valence electrons. The number of rotatable bonds is 17. The number of hydrogen-bond acceptors (Lipinski definition) is 4. The SMILES string of the molecule is CCCCC/C=C\C/C=C\CC/C=C\C/C=C\CCCC(=O)OC1COC(c2ccccc2)OC1. The Hall–Kier alpha value is -2.43. The quantitative estimate of drug-likeness (QED) is 0.128. The van der Waals surface area contributed by atoms with E-state index in [0.29, 0.717) is 19.6 Å². The van der Waals surface area contributed by atoms with E-state index in [1.165, 1.54) is 25.7 Å². The Bertz CT molecular complexity index is 770. The van der Waals surface area contributed by atoms with E-state index in [0.717, 1.165) is 44.1 Å². The molecule has 0 radical (unpaired) electrons. The molecule has 1 aromatic carbocycles. The standard InChI is InChI=1S/C31H44O4/c1-2-3-4-5-6-7-8-9-10-11-12-13-14-15-16-17-18-22-25-30(32)35-29-26-33-31(34-27-29)28-23-20-19-21-24-28/h6-7,9-10,13-14,16-17,19-21,23-24,29,31H,2-5,8,11-12,15,18,22,25-27H2,1H3/b7-6-,10-9-,14-13-,17-16-. The molecule has 2 rings (SSSR count). The van der Waals surface area contributed by atoms with Gasteiger partial charge in [-0.1, -0.05) is 98.7 Å². The van der Waals surface area contributed by atoms with E-state index in [1.54, 1.807) is 0 Å². The van der Waals surface area contributed by atoms with Gasteiger partial charge in [-0.05, 0) is 51.4 Å². The number of hydrogen-bond donors (Lipinski definition) is 0. The van der Waals surface area contributed by atoms with Gasteiger partial charge in [0.25, 0.3) is 0 Å². The summed E-state index contributed by atoms with van der Waals surface area (Å²) in [6, 6.07) is 9.80. The number of ether oxygens (including phenoxy) is 3. The van der Waals surface area contributed by atoms with Crippen molar-refractivity contribution in [1.29, 1.82) is 0 Å². The van der Waals surface area contributed by atoms with E-state index in [4.69, 9.17) is 14.2 Å². The third-order valence-corrected chi connectivity index (χ3v) is 5.67. The molecule has 0 spiro atoms. The second-order valence-corrected chi connectivity index (χ2v) is 8.84. The summed E-state index contributed by atoms with van der Waals surface area (Å²) in [4.78, 5) is 12.1. The van der Waals surface area contributed by atoms with Crippen LogP contribution in [0.3, 0.4) is 0 Å². The lowest BCUT2D eigenvalue weighted by Gasteiger charge is -2.29. The molecule has 4 heteroatoms. The van der Waals surface area contributed by atoms with Gasteiger partial charge in [0.2, 0.25) is 0 Å². The van der Waals surface area contributed by atoms with Crippen molar-refractivity contribution in [2.24, 2.45) is 0 Å². The highest BCUT2D eigenvalue weighted by Gasteiger charge is 2.25. The van der Waals surface area contributed by atoms with E-state index < -0.39 is 0 Å². The molecule has 0 saturated carbocycles. The molecule has 1 fully saturated rings. The molecule has 0 unspecified atom stereocenters. The first kappa shape index (κ1) is 28.8. The summed E-state index contributed by atoms with van der Waals surface area (Å²) in [5.74, 6) is -0.186. The number of benzene rings is 1. The molecule has 35 heavy (non-hydrogen) atoms. The minimum absolute atomic E-state index is 0.186. The zero-order valence-electron chi connectivity index (χ0n) is 21.5. The van der Waals surface area contributed by atoms with Crippen molar-refractivity contribution in [1.82, 2.24) is 0 Å². The lowest BCUT2D eigenvalue weighted by molar-refractivity contribution is -0.229. The van der Waals surface area contributed by atoms with Crippen LogP contribution in [-0.4, -0.2) is 25.3 Å². The molecule has 1 aliphatic heterocycles.